The molecule has 4 rings (SSSR count). The Bertz CT molecular complexity index is 915. The number of hydrogen-bond acceptors (Lipinski definition) is 4. The first-order valence-corrected chi connectivity index (χ1v) is 11.6. The third-order valence-corrected chi connectivity index (χ3v) is 8.13. The van der Waals surface area contributed by atoms with Crippen molar-refractivity contribution < 1.29 is 13.2 Å². The summed E-state index contributed by atoms with van der Waals surface area (Å²) in [5.41, 5.74) is 1.86. The van der Waals surface area contributed by atoms with Crippen LogP contribution in [-0.4, -0.2) is 60.8 Å². The summed E-state index contributed by atoms with van der Waals surface area (Å²) >= 11 is 0. The molecule has 0 radical (unpaired) electrons. The van der Waals surface area contributed by atoms with Gasteiger partial charge in [-0.2, -0.15) is 0 Å². The van der Waals surface area contributed by atoms with Crippen molar-refractivity contribution in [3.8, 4) is 0 Å². The van der Waals surface area contributed by atoms with Crippen LogP contribution < -0.4 is 0 Å². The molecule has 0 N–H and O–H groups in total. The largest absolute Gasteiger partial charge is 0.333 e. The molecule has 2 aliphatic rings. The Hall–Kier alpha value is -2.18. The Balaban J connectivity index is 1.54. The molecule has 0 aliphatic carbocycles. The maximum Gasteiger partial charge on any atom is 0.254 e. The quantitative estimate of drug-likeness (QED) is 0.797. The van der Waals surface area contributed by atoms with Crippen LogP contribution in [0.4, 0.5) is 0 Å². The van der Waals surface area contributed by atoms with Gasteiger partial charge in [-0.05, 0) is 37.1 Å². The van der Waals surface area contributed by atoms with Gasteiger partial charge in [-0.1, -0.05) is 48.5 Å². The van der Waals surface area contributed by atoms with Gasteiger partial charge in [0.05, 0.1) is 17.0 Å². The number of amides is 1. The van der Waals surface area contributed by atoms with Crippen molar-refractivity contribution in [3.63, 3.8) is 0 Å². The van der Waals surface area contributed by atoms with E-state index in [9.17, 15) is 13.2 Å². The van der Waals surface area contributed by atoms with Crippen LogP contribution in [-0.2, 0) is 16.4 Å². The lowest BCUT2D eigenvalue weighted by Gasteiger charge is -2.40. The van der Waals surface area contributed by atoms with Crippen molar-refractivity contribution in [1.29, 1.82) is 0 Å². The molecule has 0 saturated carbocycles. The molecule has 0 unspecified atom stereocenters. The van der Waals surface area contributed by atoms with Gasteiger partial charge in [0, 0.05) is 25.2 Å². The Labute approximate surface area is 166 Å². The van der Waals surface area contributed by atoms with Crippen LogP contribution in [0.25, 0.3) is 0 Å². The van der Waals surface area contributed by atoms with E-state index in [2.05, 4.69) is 17.0 Å². The Morgan fingerprint density at radius 2 is 1.54 bits per heavy atom. The van der Waals surface area contributed by atoms with E-state index in [1.807, 2.05) is 41.3 Å². The number of carbonyl (C=O) groups excluding carboxylic acids is 1. The maximum atomic E-state index is 13.1. The summed E-state index contributed by atoms with van der Waals surface area (Å²) in [6, 6.07) is 19.2. The van der Waals surface area contributed by atoms with E-state index < -0.39 is 15.1 Å². The van der Waals surface area contributed by atoms with Crippen molar-refractivity contribution in [2.75, 3.05) is 25.4 Å². The molecule has 148 valence electrons. The van der Waals surface area contributed by atoms with Gasteiger partial charge in [-0.25, -0.2) is 8.42 Å². The summed E-state index contributed by atoms with van der Waals surface area (Å²) in [6.45, 7) is 2.63. The fourth-order valence-electron chi connectivity index (χ4n) is 4.43. The first-order valence-electron chi connectivity index (χ1n) is 9.88. The van der Waals surface area contributed by atoms with Gasteiger partial charge in [0.15, 0.2) is 9.84 Å². The highest BCUT2D eigenvalue weighted by Gasteiger charge is 2.44. The van der Waals surface area contributed by atoms with Crippen LogP contribution in [0.5, 0.6) is 0 Å². The Kier molecular flexibility index (Phi) is 5.51. The van der Waals surface area contributed by atoms with Gasteiger partial charge in [0.2, 0.25) is 0 Å². The van der Waals surface area contributed by atoms with Crippen molar-refractivity contribution in [3.05, 3.63) is 71.8 Å². The second kappa shape index (κ2) is 8.05. The van der Waals surface area contributed by atoms with E-state index in [4.69, 9.17) is 0 Å². The first kappa shape index (κ1) is 19.2. The summed E-state index contributed by atoms with van der Waals surface area (Å²) in [5, 5.41) is -0.463. The number of benzene rings is 2. The van der Waals surface area contributed by atoms with Gasteiger partial charge in [0.1, 0.15) is 0 Å². The number of nitrogens with zero attached hydrogens (tertiary/aromatic N) is 2. The Morgan fingerprint density at radius 3 is 2.25 bits per heavy atom. The van der Waals surface area contributed by atoms with Gasteiger partial charge in [0.25, 0.3) is 5.91 Å². The molecular formula is C22H26N2O3S. The smallest absolute Gasteiger partial charge is 0.254 e. The molecular weight excluding hydrogens is 372 g/mol. The fraction of sp³-hybridized carbons (Fsp3) is 0.409. The first-order chi connectivity index (χ1) is 13.5. The van der Waals surface area contributed by atoms with E-state index in [0.29, 0.717) is 18.4 Å². The zero-order chi connectivity index (χ0) is 19.6. The van der Waals surface area contributed by atoms with E-state index >= 15 is 0 Å². The highest BCUT2D eigenvalue weighted by molar-refractivity contribution is 7.92. The molecule has 2 aromatic rings. The predicted octanol–water partition coefficient (Wildman–Crippen LogP) is 2.59. The monoisotopic (exact) mass is 398 g/mol. The average Bonchev–Trinajstić information content (AvgIpc) is 2.93. The van der Waals surface area contributed by atoms with Crippen LogP contribution in [0, 0.1) is 0 Å². The van der Waals surface area contributed by atoms with Crippen LogP contribution in [0.2, 0.25) is 0 Å². The highest BCUT2D eigenvalue weighted by atomic mass is 32.2. The molecule has 6 heteroatoms. The number of rotatable bonds is 3. The van der Waals surface area contributed by atoms with E-state index in [1.54, 1.807) is 12.1 Å². The summed E-state index contributed by atoms with van der Waals surface area (Å²) in [7, 11) is -3.17. The van der Waals surface area contributed by atoms with Gasteiger partial charge < -0.3 is 4.90 Å². The molecule has 5 nitrogen and oxygen atoms in total. The topological polar surface area (TPSA) is 57.7 Å². The minimum atomic E-state index is -3.17. The molecule has 2 aromatic carbocycles. The second-order valence-electron chi connectivity index (χ2n) is 7.68. The number of sulfone groups is 1. The summed E-state index contributed by atoms with van der Waals surface area (Å²) in [4.78, 5) is 17.2. The van der Waals surface area contributed by atoms with Crippen molar-refractivity contribution in [1.82, 2.24) is 9.80 Å². The third kappa shape index (κ3) is 3.98. The normalized spacial score (nSPS) is 24.9. The lowest BCUT2D eigenvalue weighted by Crippen LogP contribution is -2.56. The van der Waals surface area contributed by atoms with Crippen molar-refractivity contribution in [2.45, 2.75) is 30.7 Å². The average molecular weight is 399 g/mol. The molecule has 1 amide bonds. The number of hydrogen-bond donors (Lipinski definition) is 0. The number of carbonyl (C=O) groups is 1. The van der Waals surface area contributed by atoms with E-state index in [-0.39, 0.29) is 24.2 Å². The van der Waals surface area contributed by atoms with Gasteiger partial charge >= 0.3 is 0 Å². The molecule has 2 heterocycles. The third-order valence-electron chi connectivity index (χ3n) is 5.91. The molecule has 2 fully saturated rings. The van der Waals surface area contributed by atoms with Crippen LogP contribution >= 0.6 is 0 Å². The zero-order valence-corrected chi connectivity index (χ0v) is 16.7. The summed E-state index contributed by atoms with van der Waals surface area (Å²) in [6.07, 6.45) is 1.27. The van der Waals surface area contributed by atoms with Crippen LogP contribution in [0.3, 0.4) is 0 Å². The lowest BCUT2D eigenvalue weighted by atomic mass is 10.0. The van der Waals surface area contributed by atoms with Crippen molar-refractivity contribution >= 4 is 15.7 Å². The molecule has 0 aromatic heterocycles. The number of fused-ring (bicyclic) bond motifs is 1. The lowest BCUT2D eigenvalue weighted by molar-refractivity contribution is 0.0665. The Morgan fingerprint density at radius 1 is 0.893 bits per heavy atom. The van der Waals surface area contributed by atoms with Gasteiger partial charge in [-0.15, -0.1) is 0 Å². The van der Waals surface area contributed by atoms with Crippen molar-refractivity contribution in [2.24, 2.45) is 0 Å². The summed E-state index contributed by atoms with van der Waals surface area (Å²) < 4.78 is 25.6. The fourth-order valence-corrected chi connectivity index (χ4v) is 6.41. The predicted molar refractivity (Wildman–Crippen MR) is 110 cm³/mol. The molecule has 2 aliphatic heterocycles. The van der Waals surface area contributed by atoms with Gasteiger partial charge in [-0.3, -0.25) is 9.69 Å². The minimum absolute atomic E-state index is 0.0537. The molecule has 28 heavy (non-hydrogen) atoms. The maximum absolute atomic E-state index is 13.1. The molecule has 0 bridgehead atoms. The van der Waals surface area contributed by atoms with Crippen LogP contribution in [0.1, 0.15) is 28.8 Å². The molecule has 2 atom stereocenters. The number of likely N-dealkylation sites (tertiary alicyclic amines) is 1. The van der Waals surface area contributed by atoms with E-state index in [0.717, 1.165) is 19.6 Å². The standard InChI is InChI=1S/C22H26N2O3S/c25-22(19-9-5-2-6-10-19)24-15-16-28(26,27)21-12-14-23(13-11-20(21)24)17-18-7-3-1-4-8-18/h1-10,20-21H,11-17H2/t20-,21+/m0/s1. The molecule has 0 spiro atoms. The zero-order valence-electron chi connectivity index (χ0n) is 15.9. The van der Waals surface area contributed by atoms with Crippen LogP contribution in [0.15, 0.2) is 60.7 Å². The summed E-state index contributed by atoms with van der Waals surface area (Å²) in [5.74, 6) is 0.00724. The highest BCUT2D eigenvalue weighted by Crippen LogP contribution is 2.29. The SMILES string of the molecule is O=C(c1ccccc1)N1CCS(=O)(=O)[C@@H]2CCN(Cc3ccccc3)CC[C@@H]21. The minimum Gasteiger partial charge on any atom is -0.333 e. The van der Waals surface area contributed by atoms with E-state index in [1.165, 1.54) is 5.56 Å². The molecule has 2 saturated heterocycles. The second-order valence-corrected chi connectivity index (χ2v) is 10.0.